The van der Waals surface area contributed by atoms with E-state index in [1.165, 1.54) is 17.7 Å². The van der Waals surface area contributed by atoms with Crippen LogP contribution in [0.4, 0.5) is 4.39 Å². The molecule has 156 valence electrons. The van der Waals surface area contributed by atoms with E-state index in [9.17, 15) is 14.0 Å². The number of aryl methyl sites for hydroxylation is 4. The van der Waals surface area contributed by atoms with Crippen molar-refractivity contribution in [2.75, 3.05) is 0 Å². The van der Waals surface area contributed by atoms with Crippen LogP contribution in [0.5, 0.6) is 0 Å². The highest BCUT2D eigenvalue weighted by molar-refractivity contribution is 9.10. The van der Waals surface area contributed by atoms with Crippen molar-refractivity contribution in [2.45, 2.75) is 26.3 Å². The van der Waals surface area contributed by atoms with Gasteiger partial charge in [-0.3, -0.25) is 13.9 Å². The van der Waals surface area contributed by atoms with E-state index < -0.39 is 11.2 Å². The second-order valence-electron chi connectivity index (χ2n) is 6.99. The average molecular weight is 477 g/mol. The van der Waals surface area contributed by atoms with E-state index in [0.717, 1.165) is 4.57 Å². The number of nitrogens with zero attached hydrogens (tertiary/aromatic N) is 6. The number of hydrogen-bond acceptors (Lipinski definition) is 6. The van der Waals surface area contributed by atoms with Gasteiger partial charge in [-0.15, -0.1) is 0 Å². The molecule has 0 aliphatic heterocycles. The highest BCUT2D eigenvalue weighted by Gasteiger charge is 2.18. The molecule has 30 heavy (non-hydrogen) atoms. The van der Waals surface area contributed by atoms with E-state index in [1.807, 2.05) is 0 Å². The third-order valence-corrected chi connectivity index (χ3v) is 5.57. The van der Waals surface area contributed by atoms with Gasteiger partial charge in [-0.1, -0.05) is 17.3 Å². The molecule has 3 heterocycles. The highest BCUT2D eigenvalue weighted by atomic mass is 79.9. The van der Waals surface area contributed by atoms with Crippen molar-refractivity contribution in [3.63, 3.8) is 0 Å². The Morgan fingerprint density at radius 3 is 2.67 bits per heavy atom. The normalized spacial score (nSPS) is 11.5. The van der Waals surface area contributed by atoms with Gasteiger partial charge in [-0.2, -0.15) is 4.98 Å². The van der Waals surface area contributed by atoms with E-state index in [1.54, 1.807) is 30.7 Å². The van der Waals surface area contributed by atoms with Crippen LogP contribution in [0.25, 0.3) is 22.6 Å². The Balaban J connectivity index is 1.54. The van der Waals surface area contributed by atoms with Crippen LogP contribution in [-0.4, -0.2) is 28.8 Å². The second-order valence-corrected chi connectivity index (χ2v) is 7.70. The molecular formula is C19H18BrFN6O3. The van der Waals surface area contributed by atoms with Crippen molar-refractivity contribution in [3.05, 3.63) is 61.0 Å². The summed E-state index contributed by atoms with van der Waals surface area (Å²) in [6.07, 6.45) is 1.06. The number of halogens is 2. The summed E-state index contributed by atoms with van der Waals surface area (Å²) in [4.78, 5) is 33.2. The van der Waals surface area contributed by atoms with Gasteiger partial charge < -0.3 is 9.09 Å². The zero-order valence-corrected chi connectivity index (χ0v) is 18.1. The first-order valence-electron chi connectivity index (χ1n) is 9.18. The van der Waals surface area contributed by atoms with Crippen LogP contribution in [0.1, 0.15) is 17.9 Å². The lowest BCUT2D eigenvalue weighted by atomic mass is 10.1. The fraction of sp³-hybridized carbons (Fsp3) is 0.316. The smallest absolute Gasteiger partial charge is 0.332 e. The van der Waals surface area contributed by atoms with Gasteiger partial charge in [-0.25, -0.2) is 14.2 Å². The van der Waals surface area contributed by atoms with Gasteiger partial charge in [0.05, 0.1) is 0 Å². The fourth-order valence-electron chi connectivity index (χ4n) is 3.25. The fourth-order valence-corrected chi connectivity index (χ4v) is 3.78. The first-order valence-corrected chi connectivity index (χ1v) is 9.98. The van der Waals surface area contributed by atoms with E-state index in [4.69, 9.17) is 4.52 Å². The molecule has 0 spiro atoms. The van der Waals surface area contributed by atoms with Gasteiger partial charge in [0.15, 0.2) is 15.9 Å². The molecule has 9 nitrogen and oxygen atoms in total. The maximum Gasteiger partial charge on any atom is 0.332 e. The van der Waals surface area contributed by atoms with Crippen LogP contribution >= 0.6 is 15.9 Å². The zero-order valence-electron chi connectivity index (χ0n) is 16.5. The summed E-state index contributed by atoms with van der Waals surface area (Å²) in [7, 11) is 3.02. The molecule has 4 rings (SSSR count). The number of rotatable bonds is 5. The topological polar surface area (TPSA) is 101 Å². The van der Waals surface area contributed by atoms with E-state index >= 15 is 0 Å². The zero-order chi connectivity index (χ0) is 21.6. The third kappa shape index (κ3) is 3.38. The lowest BCUT2D eigenvalue weighted by molar-refractivity contribution is 0.373. The number of aromatic nitrogens is 6. The number of fused-ring (bicyclic) bond motifs is 1. The van der Waals surface area contributed by atoms with Gasteiger partial charge in [0, 0.05) is 32.6 Å². The summed E-state index contributed by atoms with van der Waals surface area (Å²) in [5, 5.41) is 3.92. The molecule has 0 atom stereocenters. The van der Waals surface area contributed by atoms with Crippen molar-refractivity contribution in [3.8, 4) is 11.4 Å². The highest BCUT2D eigenvalue weighted by Crippen LogP contribution is 2.20. The van der Waals surface area contributed by atoms with Gasteiger partial charge in [0.2, 0.25) is 11.7 Å². The molecule has 11 heteroatoms. The maximum absolute atomic E-state index is 13.8. The summed E-state index contributed by atoms with van der Waals surface area (Å²) >= 11 is 3.36. The molecule has 0 aliphatic rings. The molecule has 0 saturated carbocycles. The minimum atomic E-state index is -0.445. The Hall–Kier alpha value is -3.08. The second kappa shape index (κ2) is 7.63. The van der Waals surface area contributed by atoms with Crippen molar-refractivity contribution < 1.29 is 8.91 Å². The van der Waals surface area contributed by atoms with Crippen LogP contribution in [0.15, 0.2) is 37.0 Å². The summed E-state index contributed by atoms with van der Waals surface area (Å²) in [5.74, 6) is 0.410. The van der Waals surface area contributed by atoms with E-state index in [2.05, 4.69) is 31.1 Å². The first kappa shape index (κ1) is 20.2. The minimum Gasteiger partial charge on any atom is -0.339 e. The summed E-state index contributed by atoms with van der Waals surface area (Å²) < 4.78 is 23.7. The van der Waals surface area contributed by atoms with Crippen molar-refractivity contribution in [1.82, 2.24) is 28.8 Å². The lowest BCUT2D eigenvalue weighted by Gasteiger charge is -2.08. The van der Waals surface area contributed by atoms with Crippen LogP contribution in [0.3, 0.4) is 0 Å². The van der Waals surface area contributed by atoms with Crippen molar-refractivity contribution in [2.24, 2.45) is 14.1 Å². The third-order valence-electron chi connectivity index (χ3n) is 4.96. The molecule has 0 saturated heterocycles. The number of benzene rings is 1. The van der Waals surface area contributed by atoms with Crippen molar-refractivity contribution in [1.29, 1.82) is 0 Å². The summed E-state index contributed by atoms with van der Waals surface area (Å²) in [6, 6.07) is 4.78. The number of imidazole rings is 1. The van der Waals surface area contributed by atoms with E-state index in [-0.39, 0.29) is 11.3 Å². The Kier molecular flexibility index (Phi) is 5.14. The quantitative estimate of drug-likeness (QED) is 0.409. The van der Waals surface area contributed by atoms with Gasteiger partial charge in [0.1, 0.15) is 5.82 Å². The monoisotopic (exact) mass is 476 g/mol. The first-order chi connectivity index (χ1) is 14.3. The van der Waals surface area contributed by atoms with E-state index in [0.29, 0.717) is 52.6 Å². The average Bonchev–Trinajstić information content (AvgIpc) is 3.32. The summed E-state index contributed by atoms with van der Waals surface area (Å²) in [5.41, 5.74) is 0.879. The molecule has 0 N–H and O–H groups in total. The van der Waals surface area contributed by atoms with Crippen LogP contribution in [-0.2, 0) is 27.1 Å². The molecular weight excluding hydrogens is 459 g/mol. The Morgan fingerprint density at radius 1 is 1.17 bits per heavy atom. The molecule has 0 bridgehead atoms. The van der Waals surface area contributed by atoms with Gasteiger partial charge in [0.25, 0.3) is 5.56 Å². The molecule has 0 amide bonds. The predicted molar refractivity (Wildman–Crippen MR) is 111 cm³/mol. The lowest BCUT2D eigenvalue weighted by Crippen LogP contribution is -2.37. The van der Waals surface area contributed by atoms with Crippen LogP contribution < -0.4 is 11.2 Å². The Morgan fingerprint density at radius 2 is 1.93 bits per heavy atom. The van der Waals surface area contributed by atoms with Gasteiger partial charge >= 0.3 is 5.69 Å². The number of hydrogen-bond donors (Lipinski definition) is 0. The molecule has 0 radical (unpaired) electrons. The minimum absolute atomic E-state index is 0.216. The predicted octanol–water partition coefficient (Wildman–Crippen LogP) is 2.33. The SMILES string of the molecule is Cc1ccc(-c2noc(CCCn3c(Br)nc4c(=O)n(C)c(=O)n(C)c43)n2)cc1F. The molecule has 4 aromatic rings. The largest absolute Gasteiger partial charge is 0.339 e. The molecule has 1 aromatic carbocycles. The van der Waals surface area contributed by atoms with Gasteiger partial charge in [-0.05, 0) is 40.9 Å². The van der Waals surface area contributed by atoms with Crippen LogP contribution in [0, 0.1) is 12.7 Å². The molecule has 0 fully saturated rings. The van der Waals surface area contributed by atoms with Crippen LogP contribution in [0.2, 0.25) is 0 Å². The maximum atomic E-state index is 13.8. The Labute approximate surface area is 177 Å². The standard InChI is InChI=1S/C19H18BrFN6O3/c1-10-6-7-11(9-12(10)21)15-22-13(30-24-15)5-4-8-27-16-14(23-18(27)20)17(28)26(3)19(29)25(16)2/h6-7,9H,4-5,8H2,1-3H3. The molecule has 3 aromatic heterocycles. The Bertz CT molecular complexity index is 1380. The summed E-state index contributed by atoms with van der Waals surface area (Å²) in [6.45, 7) is 2.15. The van der Waals surface area contributed by atoms with Crippen molar-refractivity contribution >= 4 is 27.1 Å². The molecule has 0 unspecified atom stereocenters. The molecule has 0 aliphatic carbocycles.